The highest BCUT2D eigenvalue weighted by atomic mass is 16.7. The third-order valence-corrected chi connectivity index (χ3v) is 4.67. The number of unbranched alkanes of at least 4 members (excludes halogenated alkanes) is 4. The van der Waals surface area contributed by atoms with E-state index in [1.165, 1.54) is 0 Å². The first kappa shape index (κ1) is 23.7. The van der Waals surface area contributed by atoms with E-state index >= 15 is 0 Å². The first-order chi connectivity index (χ1) is 12.7. The van der Waals surface area contributed by atoms with Crippen LogP contribution in [0.25, 0.3) is 0 Å². The number of rotatable bonds is 11. The monoisotopic (exact) mass is 393 g/mol. The van der Waals surface area contributed by atoms with E-state index in [1.807, 2.05) is 0 Å². The minimum absolute atomic E-state index is 0.168. The molecule has 1 rings (SSSR count). The van der Waals surface area contributed by atoms with Gasteiger partial charge in [0.1, 0.15) is 18.3 Å². The minimum Gasteiger partial charge on any atom is -0.477 e. The third-order valence-electron chi connectivity index (χ3n) is 4.67. The van der Waals surface area contributed by atoms with Crippen LogP contribution in [0.1, 0.15) is 51.9 Å². The van der Waals surface area contributed by atoms with Crippen molar-refractivity contribution < 1.29 is 45.0 Å². The molecule has 27 heavy (non-hydrogen) atoms. The Bertz CT molecular complexity index is 489. The molecular weight excluding hydrogens is 362 g/mol. The molecule has 0 aromatic carbocycles. The Morgan fingerprint density at radius 3 is 2.41 bits per heavy atom. The van der Waals surface area contributed by atoms with Crippen LogP contribution < -0.4 is 5.32 Å². The van der Waals surface area contributed by atoms with Gasteiger partial charge in [-0.1, -0.05) is 32.6 Å². The van der Waals surface area contributed by atoms with Crippen molar-refractivity contribution in [2.75, 3.05) is 6.61 Å². The van der Waals surface area contributed by atoms with Crippen molar-refractivity contribution >= 4 is 11.9 Å². The SMILES string of the molecule is CCCCCCCC(=O)N[C@H]1C([C@H](O)[C@H](O)CO)OC(O)(C(=O)O)C[C@H]1O. The van der Waals surface area contributed by atoms with Crippen LogP contribution >= 0.6 is 0 Å². The number of amides is 1. The average molecular weight is 393 g/mol. The maximum atomic E-state index is 12.1. The van der Waals surface area contributed by atoms with Crippen LogP contribution in [0.2, 0.25) is 0 Å². The third kappa shape index (κ3) is 6.66. The smallest absolute Gasteiger partial charge is 0.364 e. The Hall–Kier alpha value is -1.30. The average Bonchev–Trinajstić information content (AvgIpc) is 2.62. The molecule has 10 nitrogen and oxygen atoms in total. The van der Waals surface area contributed by atoms with Gasteiger partial charge in [0.25, 0.3) is 5.79 Å². The molecule has 0 saturated carbocycles. The second kappa shape index (κ2) is 10.9. The number of hydrogen-bond acceptors (Lipinski definition) is 8. The number of carboxylic acid groups (broad SMARTS) is 1. The fourth-order valence-corrected chi connectivity index (χ4v) is 3.05. The molecule has 0 radical (unpaired) electrons. The molecule has 7 N–H and O–H groups in total. The molecule has 2 unspecified atom stereocenters. The summed E-state index contributed by atoms with van der Waals surface area (Å²) in [5.74, 6) is -5.00. The van der Waals surface area contributed by atoms with E-state index in [0.717, 1.165) is 25.7 Å². The van der Waals surface area contributed by atoms with Crippen molar-refractivity contribution in [3.05, 3.63) is 0 Å². The van der Waals surface area contributed by atoms with Crippen LogP contribution in [0.4, 0.5) is 0 Å². The molecule has 0 spiro atoms. The molecule has 1 fully saturated rings. The summed E-state index contributed by atoms with van der Waals surface area (Å²) < 4.78 is 5.02. The topological polar surface area (TPSA) is 177 Å². The van der Waals surface area contributed by atoms with Crippen LogP contribution in [-0.2, 0) is 14.3 Å². The van der Waals surface area contributed by atoms with E-state index < -0.39 is 61.1 Å². The van der Waals surface area contributed by atoms with Crippen molar-refractivity contribution in [2.45, 2.75) is 88.1 Å². The van der Waals surface area contributed by atoms with Crippen LogP contribution in [-0.4, -0.2) is 85.4 Å². The summed E-state index contributed by atoms with van der Waals surface area (Å²) >= 11 is 0. The molecule has 0 bridgehead atoms. The number of carbonyl (C=O) groups is 2. The second-order valence-electron chi connectivity index (χ2n) is 6.94. The summed E-state index contributed by atoms with van der Waals surface area (Å²) in [5.41, 5.74) is 0. The van der Waals surface area contributed by atoms with E-state index in [0.29, 0.717) is 6.42 Å². The number of aliphatic carboxylic acids is 1. The zero-order valence-electron chi connectivity index (χ0n) is 15.5. The van der Waals surface area contributed by atoms with Crippen molar-refractivity contribution in [1.29, 1.82) is 0 Å². The molecule has 1 aliphatic heterocycles. The molecular formula is C17H31NO9. The summed E-state index contributed by atoms with van der Waals surface area (Å²) in [7, 11) is 0. The van der Waals surface area contributed by atoms with E-state index in [4.69, 9.17) is 14.9 Å². The van der Waals surface area contributed by atoms with Gasteiger partial charge in [0.15, 0.2) is 0 Å². The van der Waals surface area contributed by atoms with Crippen LogP contribution in [0.3, 0.4) is 0 Å². The predicted octanol–water partition coefficient (Wildman–Crippen LogP) is -1.53. The van der Waals surface area contributed by atoms with Crippen molar-refractivity contribution in [3.63, 3.8) is 0 Å². The lowest BCUT2D eigenvalue weighted by Crippen LogP contribution is -2.67. The molecule has 0 aliphatic carbocycles. The fraction of sp³-hybridized carbons (Fsp3) is 0.882. The lowest BCUT2D eigenvalue weighted by Gasteiger charge is -2.44. The van der Waals surface area contributed by atoms with E-state index in [2.05, 4.69) is 12.2 Å². The van der Waals surface area contributed by atoms with Gasteiger partial charge in [0.2, 0.25) is 5.91 Å². The highest BCUT2D eigenvalue weighted by Crippen LogP contribution is 2.30. The summed E-state index contributed by atoms with van der Waals surface area (Å²) in [5, 5.41) is 60.6. The number of aliphatic hydroxyl groups is 5. The number of carboxylic acids is 1. The molecule has 0 aromatic heterocycles. The van der Waals surface area contributed by atoms with Crippen molar-refractivity contribution in [1.82, 2.24) is 5.32 Å². The van der Waals surface area contributed by atoms with Crippen molar-refractivity contribution in [3.8, 4) is 0 Å². The van der Waals surface area contributed by atoms with Gasteiger partial charge in [-0.25, -0.2) is 4.79 Å². The number of hydrogen-bond donors (Lipinski definition) is 7. The standard InChI is InChI=1S/C17H31NO9/c1-2-3-4-5-6-7-12(22)18-13-10(20)8-17(26,16(24)25)27-15(13)14(23)11(21)9-19/h10-11,13-15,19-21,23,26H,2-9H2,1H3,(H,18,22)(H,24,25)/t10-,11-,13-,14-,15?,17?/m1/s1. The van der Waals surface area contributed by atoms with E-state index in [-0.39, 0.29) is 6.42 Å². The molecule has 6 atom stereocenters. The summed E-state index contributed by atoms with van der Waals surface area (Å²) in [6.07, 6.45) is -2.69. The highest BCUT2D eigenvalue weighted by Gasteiger charge is 2.53. The number of ether oxygens (including phenoxy) is 1. The van der Waals surface area contributed by atoms with Gasteiger partial charge in [-0.15, -0.1) is 0 Å². The Balaban J connectivity index is 2.81. The molecule has 10 heteroatoms. The van der Waals surface area contributed by atoms with Crippen molar-refractivity contribution in [2.24, 2.45) is 0 Å². The van der Waals surface area contributed by atoms with Gasteiger partial charge >= 0.3 is 5.97 Å². The largest absolute Gasteiger partial charge is 0.477 e. The molecule has 1 saturated heterocycles. The van der Waals surface area contributed by atoms with Crippen LogP contribution in [0.15, 0.2) is 0 Å². The number of nitrogens with one attached hydrogen (secondary N) is 1. The Morgan fingerprint density at radius 2 is 1.85 bits per heavy atom. The number of aliphatic hydroxyl groups excluding tert-OH is 4. The second-order valence-corrected chi connectivity index (χ2v) is 6.94. The fourth-order valence-electron chi connectivity index (χ4n) is 3.05. The van der Waals surface area contributed by atoms with Crippen LogP contribution in [0, 0.1) is 0 Å². The quantitative estimate of drug-likeness (QED) is 0.205. The maximum Gasteiger partial charge on any atom is 0.364 e. The van der Waals surface area contributed by atoms with Gasteiger partial charge in [-0.2, -0.15) is 0 Å². The van der Waals surface area contributed by atoms with Gasteiger partial charge in [0.05, 0.1) is 18.8 Å². The minimum atomic E-state index is -2.79. The van der Waals surface area contributed by atoms with E-state index in [1.54, 1.807) is 0 Å². The Morgan fingerprint density at radius 1 is 1.22 bits per heavy atom. The summed E-state index contributed by atoms with van der Waals surface area (Å²) in [4.78, 5) is 23.4. The van der Waals surface area contributed by atoms with Crippen LogP contribution in [0.5, 0.6) is 0 Å². The highest BCUT2D eigenvalue weighted by molar-refractivity contribution is 5.77. The maximum absolute atomic E-state index is 12.1. The van der Waals surface area contributed by atoms with Gasteiger partial charge in [0, 0.05) is 12.8 Å². The van der Waals surface area contributed by atoms with E-state index in [9.17, 15) is 30.0 Å². The molecule has 1 amide bonds. The Labute approximate surface area is 157 Å². The number of carbonyl (C=O) groups excluding carboxylic acids is 1. The molecule has 0 aromatic rings. The lowest BCUT2D eigenvalue weighted by atomic mass is 9.88. The molecule has 1 heterocycles. The van der Waals surface area contributed by atoms with Gasteiger partial charge in [-0.05, 0) is 6.42 Å². The first-order valence-electron chi connectivity index (χ1n) is 9.24. The summed E-state index contributed by atoms with van der Waals surface area (Å²) in [6.45, 7) is 1.21. The van der Waals surface area contributed by atoms with Gasteiger partial charge in [-0.3, -0.25) is 4.79 Å². The Kier molecular flexibility index (Phi) is 9.57. The molecule has 1 aliphatic rings. The summed E-state index contributed by atoms with van der Waals surface area (Å²) in [6, 6.07) is -1.26. The zero-order chi connectivity index (χ0) is 20.6. The first-order valence-corrected chi connectivity index (χ1v) is 9.24. The predicted molar refractivity (Wildman–Crippen MR) is 92.5 cm³/mol. The molecule has 158 valence electrons. The normalized spacial score (nSPS) is 30.5. The zero-order valence-corrected chi connectivity index (χ0v) is 15.5. The van der Waals surface area contributed by atoms with Gasteiger partial charge < -0.3 is 40.7 Å². The lowest BCUT2D eigenvalue weighted by molar-refractivity contribution is -0.295.